The number of aromatic nitrogens is 4. The van der Waals surface area contributed by atoms with Crippen LogP contribution >= 0.6 is 23.3 Å². The normalized spacial score (nSPS) is 10.8. The van der Waals surface area contributed by atoms with Crippen LogP contribution in [0.4, 0.5) is 4.39 Å². The second-order valence-electron chi connectivity index (χ2n) is 5.00. The van der Waals surface area contributed by atoms with Gasteiger partial charge < -0.3 is 0 Å². The van der Waals surface area contributed by atoms with E-state index in [0.717, 1.165) is 16.8 Å². The summed E-state index contributed by atoms with van der Waals surface area (Å²) in [6.07, 6.45) is 4.50. The van der Waals surface area contributed by atoms with E-state index >= 15 is 0 Å². The first-order valence-electron chi connectivity index (χ1n) is 6.95. The van der Waals surface area contributed by atoms with Crippen molar-refractivity contribution in [3.05, 3.63) is 41.7 Å². The van der Waals surface area contributed by atoms with E-state index < -0.39 is 5.82 Å². The Morgan fingerprint density at radius 2 is 2.17 bits per heavy atom. The van der Waals surface area contributed by atoms with E-state index in [1.807, 2.05) is 6.92 Å². The molecule has 3 rings (SSSR count). The number of aryl methyl sites for hydroxylation is 2. The monoisotopic (exact) mass is 363 g/mol. The van der Waals surface area contributed by atoms with Gasteiger partial charge in [-0.1, -0.05) is 11.9 Å². The lowest BCUT2D eigenvalue weighted by molar-refractivity contribution is 0.0975. The first-order chi connectivity index (χ1) is 11.5. The molecule has 3 aromatic heterocycles. The molecule has 0 saturated carbocycles. The van der Waals surface area contributed by atoms with Crippen LogP contribution in [-0.4, -0.2) is 31.9 Å². The van der Waals surface area contributed by atoms with Crippen molar-refractivity contribution in [3.8, 4) is 21.1 Å². The van der Waals surface area contributed by atoms with E-state index in [4.69, 9.17) is 0 Å². The van der Waals surface area contributed by atoms with Gasteiger partial charge in [0.25, 0.3) is 5.91 Å². The molecule has 1 N–H and O–H groups in total. The van der Waals surface area contributed by atoms with Crippen LogP contribution in [-0.2, 0) is 7.05 Å². The molecule has 0 aliphatic carbocycles. The minimum absolute atomic E-state index is 0.208. The van der Waals surface area contributed by atoms with Crippen molar-refractivity contribution >= 4 is 29.2 Å². The third kappa shape index (κ3) is 3.17. The third-order valence-corrected chi connectivity index (χ3v) is 4.91. The fourth-order valence-electron chi connectivity index (χ4n) is 2.22. The molecule has 0 fully saturated rings. The van der Waals surface area contributed by atoms with Crippen molar-refractivity contribution in [1.82, 2.24) is 24.5 Å². The number of nitrogens with one attached hydrogen (secondary N) is 1. The van der Waals surface area contributed by atoms with Gasteiger partial charge in [-0.2, -0.15) is 5.10 Å². The maximum Gasteiger partial charge on any atom is 0.279 e. The maximum atomic E-state index is 13.4. The smallest absolute Gasteiger partial charge is 0.279 e. The van der Waals surface area contributed by atoms with Crippen LogP contribution in [0.15, 0.2) is 24.5 Å². The number of pyridine rings is 1. The Balaban J connectivity index is 1.99. The van der Waals surface area contributed by atoms with E-state index in [2.05, 4.69) is 19.8 Å². The average Bonchev–Trinajstić information content (AvgIpc) is 3.10. The van der Waals surface area contributed by atoms with E-state index in [1.165, 1.54) is 34.0 Å². The zero-order valence-corrected chi connectivity index (χ0v) is 14.8. The van der Waals surface area contributed by atoms with Crippen LogP contribution < -0.4 is 4.72 Å². The summed E-state index contributed by atoms with van der Waals surface area (Å²) in [7, 11) is 1.71. The van der Waals surface area contributed by atoms with Gasteiger partial charge >= 0.3 is 0 Å². The van der Waals surface area contributed by atoms with Crippen molar-refractivity contribution in [2.24, 2.45) is 7.05 Å². The van der Waals surface area contributed by atoms with Crippen molar-refractivity contribution in [2.75, 3.05) is 6.26 Å². The number of carbonyl (C=O) groups is 1. The minimum atomic E-state index is -0.407. The Morgan fingerprint density at radius 1 is 1.38 bits per heavy atom. The van der Waals surface area contributed by atoms with Gasteiger partial charge in [-0.05, 0) is 19.1 Å². The molecule has 1 amide bonds. The maximum absolute atomic E-state index is 13.4. The number of halogens is 1. The number of hydrogen-bond donors (Lipinski definition) is 1. The van der Waals surface area contributed by atoms with Gasteiger partial charge in [0.2, 0.25) is 0 Å². The molecule has 0 radical (unpaired) electrons. The topological polar surface area (TPSA) is 72.7 Å². The highest BCUT2D eigenvalue weighted by Gasteiger charge is 2.18. The lowest BCUT2D eigenvalue weighted by Gasteiger charge is -1.99. The Hall–Kier alpha value is -2.26. The third-order valence-electron chi connectivity index (χ3n) is 3.29. The fraction of sp³-hybridized carbons (Fsp3) is 0.200. The number of thiazole rings is 1. The number of nitrogens with zero attached hydrogens (tertiary/aromatic N) is 4. The van der Waals surface area contributed by atoms with E-state index in [-0.39, 0.29) is 5.91 Å². The van der Waals surface area contributed by atoms with E-state index in [9.17, 15) is 9.18 Å². The van der Waals surface area contributed by atoms with Crippen LogP contribution in [0.25, 0.3) is 21.1 Å². The summed E-state index contributed by atoms with van der Waals surface area (Å²) in [5.41, 5.74) is 2.51. The molecule has 6 nitrogen and oxygen atoms in total. The molecule has 0 bridgehead atoms. The standard InChI is InChI=1S/C15H14FN5OS2/c1-8-13(11-5-12(21(2)19-11)14(22)20-23-3)24-15(18-8)9-4-10(16)7-17-6-9/h4-7H,1-3H3,(H,20,22). The first-order valence-corrected chi connectivity index (χ1v) is 9.00. The van der Waals surface area contributed by atoms with Crippen LogP contribution in [0.1, 0.15) is 16.2 Å². The molecule has 0 atom stereocenters. The second-order valence-corrected chi connectivity index (χ2v) is 6.61. The minimum Gasteiger partial charge on any atom is -0.295 e. The predicted octanol–water partition coefficient (Wildman–Crippen LogP) is 3.06. The first kappa shape index (κ1) is 16.6. The summed E-state index contributed by atoms with van der Waals surface area (Å²) < 4.78 is 17.6. The van der Waals surface area contributed by atoms with E-state index in [0.29, 0.717) is 22.0 Å². The highest BCUT2D eigenvalue weighted by molar-refractivity contribution is 7.97. The Kier molecular flexibility index (Phi) is 4.63. The van der Waals surface area contributed by atoms with Gasteiger partial charge in [0.05, 0.1) is 16.8 Å². The lowest BCUT2D eigenvalue weighted by atomic mass is 10.2. The molecule has 3 aromatic rings. The van der Waals surface area contributed by atoms with Crippen molar-refractivity contribution < 1.29 is 9.18 Å². The van der Waals surface area contributed by atoms with Crippen molar-refractivity contribution in [1.29, 1.82) is 0 Å². The van der Waals surface area contributed by atoms with Crippen LogP contribution in [0.3, 0.4) is 0 Å². The van der Waals surface area contributed by atoms with Gasteiger partial charge in [0.15, 0.2) is 0 Å². The van der Waals surface area contributed by atoms with Crippen molar-refractivity contribution in [2.45, 2.75) is 6.92 Å². The summed E-state index contributed by atoms with van der Waals surface area (Å²) in [4.78, 5) is 21.2. The summed E-state index contributed by atoms with van der Waals surface area (Å²) in [6.45, 7) is 1.86. The number of amides is 1. The molecule has 9 heteroatoms. The second kappa shape index (κ2) is 6.70. The highest BCUT2D eigenvalue weighted by Crippen LogP contribution is 2.34. The Bertz CT molecular complexity index is 905. The Morgan fingerprint density at radius 3 is 2.88 bits per heavy atom. The van der Waals surface area contributed by atoms with Gasteiger partial charge in [-0.25, -0.2) is 9.37 Å². The van der Waals surface area contributed by atoms with Crippen molar-refractivity contribution in [3.63, 3.8) is 0 Å². The summed E-state index contributed by atoms with van der Waals surface area (Å²) in [6, 6.07) is 3.12. The molecule has 0 aliphatic heterocycles. The summed E-state index contributed by atoms with van der Waals surface area (Å²) in [5.74, 6) is -0.615. The SMILES string of the molecule is CSNC(=O)c1cc(-c2sc(-c3cncc(F)c3)nc2C)nn1C. The molecular formula is C15H14FN5OS2. The van der Waals surface area contributed by atoms with Gasteiger partial charge in [0.1, 0.15) is 22.2 Å². The zero-order valence-electron chi connectivity index (χ0n) is 13.2. The van der Waals surface area contributed by atoms with Gasteiger partial charge in [-0.3, -0.25) is 19.2 Å². The quantitative estimate of drug-likeness (QED) is 0.721. The lowest BCUT2D eigenvalue weighted by Crippen LogP contribution is -2.18. The van der Waals surface area contributed by atoms with Crippen LogP contribution in [0, 0.1) is 12.7 Å². The fourth-order valence-corrected chi connectivity index (χ4v) is 3.52. The molecule has 0 aliphatic rings. The zero-order chi connectivity index (χ0) is 17.3. The van der Waals surface area contributed by atoms with Gasteiger partial charge in [0, 0.05) is 25.1 Å². The predicted molar refractivity (Wildman–Crippen MR) is 93.2 cm³/mol. The highest BCUT2D eigenvalue weighted by atomic mass is 32.2. The van der Waals surface area contributed by atoms with Crippen LogP contribution in [0.2, 0.25) is 0 Å². The van der Waals surface area contributed by atoms with Crippen LogP contribution in [0.5, 0.6) is 0 Å². The number of rotatable bonds is 4. The molecule has 0 spiro atoms. The molecule has 3 heterocycles. The molecule has 0 aromatic carbocycles. The van der Waals surface area contributed by atoms with E-state index in [1.54, 1.807) is 25.6 Å². The molecule has 0 unspecified atom stereocenters. The largest absolute Gasteiger partial charge is 0.295 e. The molecule has 0 saturated heterocycles. The number of hydrogen-bond acceptors (Lipinski definition) is 6. The number of carbonyl (C=O) groups excluding carboxylic acids is 1. The average molecular weight is 363 g/mol. The molecule has 124 valence electrons. The Labute approximate surface area is 146 Å². The van der Waals surface area contributed by atoms with Gasteiger partial charge in [-0.15, -0.1) is 11.3 Å². The molecule has 24 heavy (non-hydrogen) atoms. The summed E-state index contributed by atoms with van der Waals surface area (Å²) in [5, 5.41) is 5.06. The molecular weight excluding hydrogens is 349 g/mol. The summed E-state index contributed by atoms with van der Waals surface area (Å²) >= 11 is 2.62.